The lowest BCUT2D eigenvalue weighted by Crippen LogP contribution is -2.35. The molecule has 0 bridgehead atoms. The Morgan fingerprint density at radius 3 is 2.90 bits per heavy atom. The minimum absolute atomic E-state index is 0.272. The first-order chi connectivity index (χ1) is 9.50. The number of hydrogen-bond donors (Lipinski definition) is 1. The molecule has 1 unspecified atom stereocenters. The zero-order chi connectivity index (χ0) is 14.3. The number of rotatable bonds is 2. The third-order valence-electron chi connectivity index (χ3n) is 3.64. The number of aromatic nitrogens is 2. The van der Waals surface area contributed by atoms with E-state index in [0.717, 1.165) is 10.2 Å². The summed E-state index contributed by atoms with van der Waals surface area (Å²) in [6, 6.07) is 7.67. The van der Waals surface area contributed by atoms with Crippen molar-refractivity contribution in [1.29, 1.82) is 0 Å². The maximum Gasteiger partial charge on any atom is 0.259 e. The number of halogens is 1. The smallest absolute Gasteiger partial charge is 0.259 e. The quantitative estimate of drug-likeness (QED) is 0.908. The minimum atomic E-state index is -1.45. The first-order valence-electron chi connectivity index (χ1n) is 6.30. The lowest BCUT2D eigenvalue weighted by molar-refractivity contribution is -0.143. The molecular formula is C14H14BrN3O2. The van der Waals surface area contributed by atoms with Crippen molar-refractivity contribution >= 4 is 21.8 Å². The van der Waals surface area contributed by atoms with Crippen molar-refractivity contribution in [2.24, 2.45) is 0 Å². The number of carbonyl (C=O) groups is 1. The molecule has 1 N–H and O–H groups in total. The number of carbonyl (C=O) groups excluding carboxylic acids is 1. The summed E-state index contributed by atoms with van der Waals surface area (Å²) in [6.45, 7) is 0.553. The topological polar surface area (TPSA) is 58.4 Å². The molecule has 20 heavy (non-hydrogen) atoms. The number of aliphatic hydroxyl groups is 1. The van der Waals surface area contributed by atoms with E-state index in [1.807, 2.05) is 24.3 Å². The van der Waals surface area contributed by atoms with Crippen molar-refractivity contribution in [2.75, 3.05) is 13.6 Å². The molecule has 0 spiro atoms. The van der Waals surface area contributed by atoms with Crippen molar-refractivity contribution < 1.29 is 9.90 Å². The molecule has 3 rings (SSSR count). The molecule has 2 heterocycles. The van der Waals surface area contributed by atoms with Crippen LogP contribution in [0.15, 0.2) is 41.1 Å². The van der Waals surface area contributed by atoms with E-state index in [-0.39, 0.29) is 5.91 Å². The highest BCUT2D eigenvalue weighted by Crippen LogP contribution is 2.32. The monoisotopic (exact) mass is 335 g/mol. The molecule has 1 aromatic heterocycles. The van der Waals surface area contributed by atoms with Crippen LogP contribution in [0, 0.1) is 0 Å². The van der Waals surface area contributed by atoms with E-state index in [0.29, 0.717) is 18.5 Å². The highest BCUT2D eigenvalue weighted by molar-refractivity contribution is 9.10. The molecule has 5 nitrogen and oxygen atoms in total. The van der Waals surface area contributed by atoms with E-state index in [2.05, 4.69) is 21.0 Å². The normalized spacial score (nSPS) is 22.6. The van der Waals surface area contributed by atoms with Gasteiger partial charge in [0.25, 0.3) is 5.91 Å². The predicted octanol–water partition coefficient (Wildman–Crippen LogP) is 1.68. The second-order valence-corrected chi connectivity index (χ2v) is 5.91. The molecule has 1 atom stereocenters. The van der Waals surface area contributed by atoms with Crippen molar-refractivity contribution in [2.45, 2.75) is 12.0 Å². The number of amides is 1. The lowest BCUT2D eigenvalue weighted by Gasteiger charge is -2.18. The minimum Gasteiger partial charge on any atom is -0.375 e. The van der Waals surface area contributed by atoms with Crippen molar-refractivity contribution in [3.05, 3.63) is 46.7 Å². The Balaban J connectivity index is 1.97. The Bertz CT molecular complexity index is 670. The highest BCUT2D eigenvalue weighted by atomic mass is 79.9. The van der Waals surface area contributed by atoms with E-state index in [1.54, 1.807) is 24.1 Å². The maximum absolute atomic E-state index is 12.1. The van der Waals surface area contributed by atoms with E-state index >= 15 is 0 Å². The summed E-state index contributed by atoms with van der Waals surface area (Å²) in [5, 5.41) is 14.8. The summed E-state index contributed by atoms with van der Waals surface area (Å²) in [5.74, 6) is -0.272. The second kappa shape index (κ2) is 4.71. The van der Waals surface area contributed by atoms with Gasteiger partial charge in [-0.25, -0.2) is 4.68 Å². The summed E-state index contributed by atoms with van der Waals surface area (Å²) >= 11 is 3.41. The van der Waals surface area contributed by atoms with Gasteiger partial charge in [-0.05, 0) is 18.2 Å². The van der Waals surface area contributed by atoms with E-state index in [4.69, 9.17) is 0 Å². The van der Waals surface area contributed by atoms with Crippen LogP contribution in [0.25, 0.3) is 5.69 Å². The Kier molecular flexibility index (Phi) is 3.14. The summed E-state index contributed by atoms with van der Waals surface area (Å²) < 4.78 is 2.60. The van der Waals surface area contributed by atoms with Crippen LogP contribution in [-0.4, -0.2) is 39.3 Å². The molecule has 1 saturated heterocycles. The highest BCUT2D eigenvalue weighted by Gasteiger charge is 2.46. The number of likely N-dealkylation sites (N-methyl/N-ethyl adjacent to an activating group) is 1. The molecule has 0 saturated carbocycles. The maximum atomic E-state index is 12.1. The first kappa shape index (κ1) is 13.3. The number of nitrogens with zero attached hydrogens (tertiary/aromatic N) is 3. The van der Waals surface area contributed by atoms with Gasteiger partial charge in [-0.3, -0.25) is 4.79 Å². The van der Waals surface area contributed by atoms with Gasteiger partial charge in [0.2, 0.25) is 0 Å². The zero-order valence-corrected chi connectivity index (χ0v) is 12.5. The molecule has 104 valence electrons. The Morgan fingerprint density at radius 1 is 1.45 bits per heavy atom. The van der Waals surface area contributed by atoms with Gasteiger partial charge in [0, 0.05) is 36.2 Å². The largest absolute Gasteiger partial charge is 0.375 e. The predicted molar refractivity (Wildman–Crippen MR) is 77.4 cm³/mol. The van der Waals surface area contributed by atoms with Crippen LogP contribution >= 0.6 is 15.9 Å². The molecule has 6 heteroatoms. The van der Waals surface area contributed by atoms with E-state index in [9.17, 15) is 9.90 Å². The third-order valence-corrected chi connectivity index (χ3v) is 4.14. The number of likely N-dealkylation sites (tertiary alicyclic amines) is 1. The molecule has 1 aromatic carbocycles. The Labute approximate surface area is 124 Å². The van der Waals surface area contributed by atoms with Crippen molar-refractivity contribution in [3.8, 4) is 5.69 Å². The van der Waals surface area contributed by atoms with Crippen molar-refractivity contribution in [3.63, 3.8) is 0 Å². The average molecular weight is 336 g/mol. The number of benzene rings is 1. The zero-order valence-electron chi connectivity index (χ0n) is 11.0. The molecule has 1 aliphatic heterocycles. The van der Waals surface area contributed by atoms with Gasteiger partial charge in [-0.15, -0.1) is 0 Å². The van der Waals surface area contributed by atoms with Gasteiger partial charge >= 0.3 is 0 Å². The van der Waals surface area contributed by atoms with E-state index < -0.39 is 5.60 Å². The van der Waals surface area contributed by atoms with Gasteiger partial charge in [-0.2, -0.15) is 5.10 Å². The molecule has 1 amide bonds. The van der Waals surface area contributed by atoms with Gasteiger partial charge in [-0.1, -0.05) is 22.0 Å². The summed E-state index contributed by atoms with van der Waals surface area (Å²) in [6.07, 6.45) is 3.66. The fourth-order valence-electron chi connectivity index (χ4n) is 2.42. The fourth-order valence-corrected chi connectivity index (χ4v) is 2.80. The van der Waals surface area contributed by atoms with Crippen LogP contribution in [-0.2, 0) is 10.4 Å². The number of hydrogen-bond acceptors (Lipinski definition) is 3. The molecule has 0 aliphatic carbocycles. The summed E-state index contributed by atoms with van der Waals surface area (Å²) in [7, 11) is 1.69. The van der Waals surface area contributed by atoms with Crippen molar-refractivity contribution in [1.82, 2.24) is 14.7 Å². The van der Waals surface area contributed by atoms with E-state index in [1.165, 1.54) is 4.90 Å². The SMILES string of the molecule is CN1CCC(O)(c2cnn(-c3cccc(Br)c3)c2)C1=O. The first-order valence-corrected chi connectivity index (χ1v) is 7.09. The van der Waals surface area contributed by atoms with Crippen LogP contribution in [0.4, 0.5) is 0 Å². The molecule has 1 aliphatic rings. The fraction of sp³-hybridized carbons (Fsp3) is 0.286. The Morgan fingerprint density at radius 2 is 2.25 bits per heavy atom. The molecular weight excluding hydrogens is 322 g/mol. The lowest BCUT2D eigenvalue weighted by atomic mass is 9.95. The van der Waals surface area contributed by atoms with Crippen LogP contribution in [0.3, 0.4) is 0 Å². The second-order valence-electron chi connectivity index (χ2n) is 4.99. The summed E-state index contributed by atoms with van der Waals surface area (Å²) in [5.41, 5.74) is -0.0428. The molecule has 2 aromatic rings. The van der Waals surface area contributed by atoms with Gasteiger partial charge in [0.1, 0.15) is 0 Å². The van der Waals surface area contributed by atoms with Crippen LogP contribution < -0.4 is 0 Å². The average Bonchev–Trinajstić information content (AvgIpc) is 3.02. The van der Waals surface area contributed by atoms with Crippen LogP contribution in [0.5, 0.6) is 0 Å². The molecule has 1 fully saturated rings. The van der Waals surface area contributed by atoms with Crippen LogP contribution in [0.1, 0.15) is 12.0 Å². The van der Waals surface area contributed by atoms with Gasteiger partial charge < -0.3 is 10.0 Å². The Hall–Kier alpha value is -1.66. The standard InChI is InChI=1S/C14H14BrN3O2/c1-17-6-5-14(20,13(17)19)10-8-16-18(9-10)12-4-2-3-11(15)7-12/h2-4,7-9,20H,5-6H2,1H3. The molecule has 0 radical (unpaired) electrons. The van der Waals surface area contributed by atoms with Crippen LogP contribution in [0.2, 0.25) is 0 Å². The van der Waals surface area contributed by atoms with Gasteiger partial charge in [0.15, 0.2) is 5.60 Å². The van der Waals surface area contributed by atoms with Gasteiger partial charge in [0.05, 0.1) is 11.9 Å². The summed E-state index contributed by atoms with van der Waals surface area (Å²) in [4.78, 5) is 13.6. The third kappa shape index (κ3) is 2.05.